The van der Waals surface area contributed by atoms with Gasteiger partial charge in [0.15, 0.2) is 9.84 Å². The van der Waals surface area contributed by atoms with Crippen molar-refractivity contribution in [2.75, 3.05) is 50.0 Å². The van der Waals surface area contributed by atoms with Gasteiger partial charge in [0.2, 0.25) is 5.91 Å². The Morgan fingerprint density at radius 3 is 2.41 bits per heavy atom. The predicted octanol–water partition coefficient (Wildman–Crippen LogP) is 2.94. The molecule has 0 saturated carbocycles. The number of ether oxygens (including phenoxy) is 1. The summed E-state index contributed by atoms with van der Waals surface area (Å²) in [5.41, 5.74) is 6.62. The summed E-state index contributed by atoms with van der Waals surface area (Å²) in [7, 11) is -3.56. The van der Waals surface area contributed by atoms with Crippen LogP contribution in [0.15, 0.2) is 24.3 Å². The van der Waals surface area contributed by atoms with Gasteiger partial charge in [0.25, 0.3) is 0 Å². The van der Waals surface area contributed by atoms with E-state index in [9.17, 15) is 13.2 Å². The van der Waals surface area contributed by atoms with Gasteiger partial charge in [-0.2, -0.15) is 0 Å². The third kappa shape index (κ3) is 7.37. The van der Waals surface area contributed by atoms with E-state index >= 15 is 0 Å². The van der Waals surface area contributed by atoms with Gasteiger partial charge in [-0.25, -0.2) is 8.42 Å². The lowest BCUT2D eigenvalue weighted by molar-refractivity contribution is -0.131. The molecule has 1 amide bonds. The number of rotatable bonds is 11. The van der Waals surface area contributed by atoms with E-state index in [-0.39, 0.29) is 24.1 Å². The third-order valence-electron chi connectivity index (χ3n) is 5.89. The fourth-order valence-electron chi connectivity index (χ4n) is 4.50. The van der Waals surface area contributed by atoms with Crippen LogP contribution >= 0.6 is 0 Å². The molecule has 1 unspecified atom stereocenters. The number of sulfone groups is 1. The van der Waals surface area contributed by atoms with Gasteiger partial charge in [0, 0.05) is 38.4 Å². The zero-order valence-electron chi connectivity index (χ0n) is 20.1. The van der Waals surface area contributed by atoms with E-state index in [4.69, 9.17) is 10.5 Å². The van der Waals surface area contributed by atoms with E-state index in [2.05, 4.69) is 30.9 Å². The molecule has 2 rings (SSSR count). The van der Waals surface area contributed by atoms with Gasteiger partial charge in [-0.1, -0.05) is 27.2 Å². The first kappa shape index (κ1) is 26.5. The summed E-state index contributed by atoms with van der Waals surface area (Å²) in [6, 6.07) is 8.06. The van der Waals surface area contributed by atoms with Gasteiger partial charge < -0.3 is 20.3 Å². The van der Waals surface area contributed by atoms with Crippen molar-refractivity contribution in [3.05, 3.63) is 24.3 Å². The highest BCUT2D eigenvalue weighted by Gasteiger charge is 2.36. The maximum absolute atomic E-state index is 13.4. The summed E-state index contributed by atoms with van der Waals surface area (Å²) in [5, 5.41) is -0.993. The van der Waals surface area contributed by atoms with Crippen molar-refractivity contribution in [2.45, 2.75) is 52.2 Å². The van der Waals surface area contributed by atoms with E-state index in [0.29, 0.717) is 45.0 Å². The molecule has 0 spiro atoms. The number of carbonyl (C=O) groups excluding carboxylic acids is 1. The molecule has 1 aromatic rings. The minimum atomic E-state index is -3.56. The van der Waals surface area contributed by atoms with E-state index in [0.717, 1.165) is 24.4 Å². The molecule has 0 radical (unpaired) electrons. The van der Waals surface area contributed by atoms with E-state index in [1.54, 1.807) is 4.90 Å². The lowest BCUT2D eigenvalue weighted by atomic mass is 9.96. The fourth-order valence-corrected chi connectivity index (χ4v) is 6.17. The first-order valence-electron chi connectivity index (χ1n) is 11.9. The Kier molecular flexibility index (Phi) is 10.3. The van der Waals surface area contributed by atoms with Gasteiger partial charge in [-0.05, 0) is 55.9 Å². The number of amides is 1. The summed E-state index contributed by atoms with van der Waals surface area (Å²) in [4.78, 5) is 17.5. The van der Waals surface area contributed by atoms with Crippen molar-refractivity contribution >= 4 is 21.4 Å². The van der Waals surface area contributed by atoms with Crippen LogP contribution < -0.4 is 15.4 Å². The number of anilines is 1. The average molecular weight is 468 g/mol. The van der Waals surface area contributed by atoms with Crippen LogP contribution in [0, 0.1) is 11.8 Å². The molecule has 0 aromatic heterocycles. The summed E-state index contributed by atoms with van der Waals surface area (Å²) < 4.78 is 31.1. The molecular weight excluding hydrogens is 426 g/mol. The molecule has 2 N–H and O–H groups in total. The molecule has 1 aromatic carbocycles. The summed E-state index contributed by atoms with van der Waals surface area (Å²) in [6.45, 7) is 11.5. The Morgan fingerprint density at radius 1 is 1.16 bits per heavy atom. The lowest BCUT2D eigenvalue weighted by Crippen LogP contribution is -2.46. The molecule has 7 nitrogen and oxygen atoms in total. The van der Waals surface area contributed by atoms with E-state index < -0.39 is 15.1 Å². The van der Waals surface area contributed by atoms with Crippen LogP contribution in [0.5, 0.6) is 5.75 Å². The van der Waals surface area contributed by atoms with Crippen LogP contribution in [0.1, 0.15) is 47.0 Å². The minimum Gasteiger partial charge on any atom is -0.494 e. The second kappa shape index (κ2) is 12.4. The Morgan fingerprint density at radius 2 is 1.84 bits per heavy atom. The number of hydrogen-bond acceptors (Lipinski definition) is 6. The normalized spacial score (nSPS) is 18.5. The van der Waals surface area contributed by atoms with Crippen molar-refractivity contribution < 1.29 is 17.9 Å². The maximum Gasteiger partial charge on any atom is 0.240 e. The van der Waals surface area contributed by atoms with Crippen molar-refractivity contribution in [1.29, 1.82) is 0 Å². The molecular formula is C24H41N3O4S. The van der Waals surface area contributed by atoms with Crippen molar-refractivity contribution in [1.82, 2.24) is 4.90 Å². The van der Waals surface area contributed by atoms with Gasteiger partial charge >= 0.3 is 0 Å². The van der Waals surface area contributed by atoms with Crippen LogP contribution in [0.25, 0.3) is 0 Å². The highest BCUT2D eigenvalue weighted by Crippen LogP contribution is 2.26. The smallest absolute Gasteiger partial charge is 0.240 e. The maximum atomic E-state index is 13.4. The highest BCUT2D eigenvalue weighted by atomic mass is 32.2. The number of hydrogen-bond donors (Lipinski definition) is 1. The van der Waals surface area contributed by atoms with Gasteiger partial charge in [0.1, 0.15) is 11.0 Å². The number of carbonyl (C=O) groups is 1. The minimum absolute atomic E-state index is 0.0390. The predicted molar refractivity (Wildman–Crippen MR) is 131 cm³/mol. The van der Waals surface area contributed by atoms with Crippen molar-refractivity contribution in [3.8, 4) is 5.75 Å². The molecule has 182 valence electrons. The second-order valence-electron chi connectivity index (χ2n) is 9.09. The molecule has 0 aliphatic carbocycles. The molecule has 2 atom stereocenters. The Hall–Kier alpha value is -1.80. The quantitative estimate of drug-likeness (QED) is 0.538. The highest BCUT2D eigenvalue weighted by molar-refractivity contribution is 7.92. The number of nitrogens with zero attached hydrogens (tertiary/aromatic N) is 2. The summed E-state index contributed by atoms with van der Waals surface area (Å²) >= 11 is 0. The van der Waals surface area contributed by atoms with Crippen molar-refractivity contribution in [3.63, 3.8) is 0 Å². The zero-order chi connectivity index (χ0) is 23.7. The largest absolute Gasteiger partial charge is 0.494 e. The van der Waals surface area contributed by atoms with Crippen LogP contribution in [-0.2, 0) is 14.6 Å². The van der Waals surface area contributed by atoms with Crippen LogP contribution in [-0.4, -0.2) is 69.6 Å². The molecule has 1 aliphatic heterocycles. The SMILES string of the molecule is CCCC(C(=O)N1CCN(c2ccc(OCC)cc2)C[C@H](CC(C)C)C1)S(=O)(=O)CCN. The summed E-state index contributed by atoms with van der Waals surface area (Å²) in [5.74, 6) is 1.19. The van der Waals surface area contributed by atoms with Crippen LogP contribution in [0.2, 0.25) is 0 Å². The zero-order valence-corrected chi connectivity index (χ0v) is 20.9. The first-order valence-corrected chi connectivity index (χ1v) is 13.6. The lowest BCUT2D eigenvalue weighted by Gasteiger charge is -2.28. The van der Waals surface area contributed by atoms with Gasteiger partial charge in [-0.3, -0.25) is 4.79 Å². The van der Waals surface area contributed by atoms with Crippen LogP contribution in [0.4, 0.5) is 5.69 Å². The average Bonchev–Trinajstić information content (AvgIpc) is 2.94. The molecule has 1 fully saturated rings. The second-order valence-corrected chi connectivity index (χ2v) is 11.4. The number of benzene rings is 1. The fraction of sp³-hybridized carbons (Fsp3) is 0.708. The molecule has 32 heavy (non-hydrogen) atoms. The van der Waals surface area contributed by atoms with Crippen LogP contribution in [0.3, 0.4) is 0 Å². The van der Waals surface area contributed by atoms with Crippen molar-refractivity contribution in [2.24, 2.45) is 17.6 Å². The summed E-state index contributed by atoms with van der Waals surface area (Å²) in [6.07, 6.45) is 1.96. The van der Waals surface area contributed by atoms with E-state index in [1.165, 1.54) is 0 Å². The molecule has 8 heteroatoms. The van der Waals surface area contributed by atoms with Gasteiger partial charge in [0.05, 0.1) is 12.4 Å². The molecule has 0 bridgehead atoms. The first-order chi connectivity index (χ1) is 15.2. The monoisotopic (exact) mass is 467 g/mol. The van der Waals surface area contributed by atoms with Gasteiger partial charge in [-0.15, -0.1) is 0 Å². The Labute approximate surface area is 194 Å². The third-order valence-corrected chi connectivity index (χ3v) is 8.00. The Balaban J connectivity index is 2.25. The molecule has 1 heterocycles. The Bertz CT molecular complexity index is 811. The molecule has 1 saturated heterocycles. The topological polar surface area (TPSA) is 92.9 Å². The molecule has 1 aliphatic rings. The number of nitrogens with two attached hydrogens (primary N) is 1. The standard InChI is InChI=1S/C24H41N3O4S/c1-5-7-23(32(29,30)15-12-25)24(28)27-14-13-26(17-20(18-27)16-19(3)4)21-8-10-22(11-9-21)31-6-2/h8-11,19-20,23H,5-7,12-18,25H2,1-4H3/t20-,23?/m0/s1. The van der Waals surface area contributed by atoms with E-state index in [1.807, 2.05) is 26.0 Å².